The van der Waals surface area contributed by atoms with Crippen LogP contribution >= 0.6 is 0 Å². The molecule has 0 aliphatic carbocycles. The van der Waals surface area contributed by atoms with Crippen molar-refractivity contribution in [1.82, 2.24) is 0 Å². The zero-order chi connectivity index (χ0) is 27.4. The van der Waals surface area contributed by atoms with Crippen LogP contribution in [0.1, 0.15) is 50.2 Å². The number of hydrogen-bond acceptors (Lipinski definition) is 3. The summed E-state index contributed by atoms with van der Waals surface area (Å²) in [4.78, 5) is 0. The minimum absolute atomic E-state index is 0.0798. The smallest absolute Gasteiger partial charge is 0.201 e. The van der Waals surface area contributed by atoms with Crippen molar-refractivity contribution in [1.29, 1.82) is 0 Å². The lowest BCUT2D eigenvalue weighted by molar-refractivity contribution is -0.00138. The first-order chi connectivity index (χ1) is 18.3. The van der Waals surface area contributed by atoms with Crippen LogP contribution in [-0.2, 0) is 11.2 Å². The van der Waals surface area contributed by atoms with Gasteiger partial charge in [0.15, 0.2) is 34.8 Å². The van der Waals surface area contributed by atoms with Crippen LogP contribution in [0.15, 0.2) is 36.4 Å². The van der Waals surface area contributed by atoms with E-state index in [0.717, 1.165) is 6.07 Å². The minimum Gasteiger partial charge on any atom is -0.491 e. The van der Waals surface area contributed by atoms with E-state index in [2.05, 4.69) is 0 Å². The third kappa shape index (κ3) is 5.62. The second-order valence-corrected chi connectivity index (χ2v) is 9.05. The number of rotatable bonds is 9. The first-order valence-corrected chi connectivity index (χ1v) is 12.6. The Morgan fingerprint density at radius 2 is 1.26 bits per heavy atom. The van der Waals surface area contributed by atoms with Gasteiger partial charge in [-0.15, -0.1) is 0 Å². The number of benzene rings is 3. The van der Waals surface area contributed by atoms with Gasteiger partial charge in [0.25, 0.3) is 0 Å². The molecule has 0 spiro atoms. The van der Waals surface area contributed by atoms with Crippen LogP contribution in [0.2, 0.25) is 0 Å². The van der Waals surface area contributed by atoms with Crippen molar-refractivity contribution in [3.8, 4) is 22.6 Å². The highest BCUT2D eigenvalue weighted by atomic mass is 19.2. The molecule has 1 heterocycles. The number of halogens is 6. The molecule has 0 aromatic heterocycles. The van der Waals surface area contributed by atoms with E-state index in [1.807, 2.05) is 0 Å². The molecule has 1 saturated heterocycles. The Kier molecular flexibility index (Phi) is 8.87. The molecule has 4 rings (SSSR count). The summed E-state index contributed by atoms with van der Waals surface area (Å²) in [6.07, 6.45) is 1.40. The summed E-state index contributed by atoms with van der Waals surface area (Å²) in [6, 6.07) is 7.77. The molecule has 0 N–H and O–H groups in total. The summed E-state index contributed by atoms with van der Waals surface area (Å²) in [6.45, 7) is 3.73. The molecule has 204 valence electrons. The molecule has 0 amide bonds. The third-order valence-electron chi connectivity index (χ3n) is 6.72. The maximum atomic E-state index is 15.0. The summed E-state index contributed by atoms with van der Waals surface area (Å²) in [5, 5.41) is 0. The van der Waals surface area contributed by atoms with Crippen LogP contribution in [0.4, 0.5) is 26.3 Å². The van der Waals surface area contributed by atoms with Crippen molar-refractivity contribution in [2.24, 2.45) is 0 Å². The van der Waals surface area contributed by atoms with E-state index in [1.165, 1.54) is 30.3 Å². The lowest BCUT2D eigenvalue weighted by Gasteiger charge is -2.30. The molecular formula is C29H28F6O3. The molecule has 0 bridgehead atoms. The Morgan fingerprint density at radius 3 is 1.87 bits per heavy atom. The van der Waals surface area contributed by atoms with Crippen molar-refractivity contribution in [3.63, 3.8) is 0 Å². The molecule has 1 aliphatic heterocycles. The zero-order valence-corrected chi connectivity index (χ0v) is 21.1. The molecule has 1 fully saturated rings. The second-order valence-electron chi connectivity index (χ2n) is 9.05. The Morgan fingerprint density at radius 1 is 0.684 bits per heavy atom. The highest BCUT2D eigenvalue weighted by Gasteiger charge is 2.28. The van der Waals surface area contributed by atoms with Gasteiger partial charge < -0.3 is 14.2 Å². The maximum Gasteiger partial charge on any atom is 0.201 e. The molecule has 1 aliphatic rings. The van der Waals surface area contributed by atoms with E-state index < -0.39 is 51.9 Å². The molecule has 3 aromatic carbocycles. The van der Waals surface area contributed by atoms with Crippen LogP contribution in [0, 0.1) is 34.9 Å². The zero-order valence-electron chi connectivity index (χ0n) is 21.1. The molecule has 3 aromatic rings. The predicted octanol–water partition coefficient (Wildman–Crippen LogP) is 7.88. The largest absolute Gasteiger partial charge is 0.491 e. The van der Waals surface area contributed by atoms with E-state index in [9.17, 15) is 22.0 Å². The Hall–Kier alpha value is -3.20. The first-order valence-electron chi connectivity index (χ1n) is 12.6. The van der Waals surface area contributed by atoms with Gasteiger partial charge in [-0.25, -0.2) is 17.6 Å². The molecule has 2 unspecified atom stereocenters. The summed E-state index contributed by atoms with van der Waals surface area (Å²) < 4.78 is 103. The Balaban J connectivity index is 1.41. The average Bonchev–Trinajstić information content (AvgIpc) is 2.92. The van der Waals surface area contributed by atoms with Gasteiger partial charge in [-0.3, -0.25) is 0 Å². The standard InChI is InChI=1S/C29H28F6O3/c1-3-36-22-13-7-16(24(30)28(22)34)5-8-18-9-6-17(15-38-18)19-10-11-20(26(32)25(19)31)21-12-14-23(37-4-2)29(35)27(21)33/h7,10-14,17-18H,3-6,8-9,15H2,1-2H3. The predicted molar refractivity (Wildman–Crippen MR) is 130 cm³/mol. The van der Waals surface area contributed by atoms with Crippen molar-refractivity contribution in [2.45, 2.75) is 51.6 Å². The third-order valence-corrected chi connectivity index (χ3v) is 6.72. The van der Waals surface area contributed by atoms with Crippen molar-refractivity contribution < 1.29 is 40.6 Å². The molecule has 2 atom stereocenters. The first kappa shape index (κ1) is 27.8. The molecule has 9 heteroatoms. The fraction of sp³-hybridized carbons (Fsp3) is 0.379. The Bertz CT molecular complexity index is 1290. The normalized spacial score (nSPS) is 17.5. The quantitative estimate of drug-likeness (QED) is 0.260. The van der Waals surface area contributed by atoms with Crippen molar-refractivity contribution in [2.75, 3.05) is 19.8 Å². The molecule has 0 saturated carbocycles. The minimum atomic E-state index is -1.32. The molecule has 0 radical (unpaired) electrons. The lowest BCUT2D eigenvalue weighted by atomic mass is 9.88. The molecular weight excluding hydrogens is 510 g/mol. The van der Waals surface area contributed by atoms with Gasteiger partial charge in [0, 0.05) is 17.0 Å². The van der Waals surface area contributed by atoms with E-state index in [0.29, 0.717) is 19.3 Å². The Labute approximate surface area is 217 Å². The number of hydrogen-bond donors (Lipinski definition) is 0. The van der Waals surface area contributed by atoms with E-state index in [1.54, 1.807) is 13.8 Å². The lowest BCUT2D eigenvalue weighted by Crippen LogP contribution is -2.26. The van der Waals surface area contributed by atoms with Crippen molar-refractivity contribution in [3.05, 3.63) is 82.4 Å². The average molecular weight is 539 g/mol. The van der Waals surface area contributed by atoms with Gasteiger partial charge in [-0.05, 0) is 68.9 Å². The van der Waals surface area contributed by atoms with Gasteiger partial charge in [0.05, 0.1) is 25.9 Å². The molecule has 38 heavy (non-hydrogen) atoms. The SMILES string of the molecule is CCOc1ccc(CCC2CCC(c3ccc(-c4ccc(OCC)c(F)c4F)c(F)c3F)CO2)c(F)c1F. The number of ether oxygens (including phenoxy) is 3. The fourth-order valence-corrected chi connectivity index (χ4v) is 4.72. The van der Waals surface area contributed by atoms with Crippen LogP contribution < -0.4 is 9.47 Å². The van der Waals surface area contributed by atoms with Crippen LogP contribution in [0.3, 0.4) is 0 Å². The van der Waals surface area contributed by atoms with Crippen LogP contribution in [0.25, 0.3) is 11.1 Å². The summed E-state index contributed by atoms with van der Waals surface area (Å²) >= 11 is 0. The summed E-state index contributed by atoms with van der Waals surface area (Å²) in [5.41, 5.74) is -0.522. The van der Waals surface area contributed by atoms with Gasteiger partial charge in [0.2, 0.25) is 11.6 Å². The van der Waals surface area contributed by atoms with Crippen LogP contribution in [-0.4, -0.2) is 25.9 Å². The van der Waals surface area contributed by atoms with Crippen LogP contribution in [0.5, 0.6) is 11.5 Å². The van der Waals surface area contributed by atoms with E-state index in [-0.39, 0.29) is 55.0 Å². The van der Waals surface area contributed by atoms with Gasteiger partial charge >= 0.3 is 0 Å². The fourth-order valence-electron chi connectivity index (χ4n) is 4.72. The second kappa shape index (κ2) is 12.1. The van der Waals surface area contributed by atoms with E-state index in [4.69, 9.17) is 14.2 Å². The topological polar surface area (TPSA) is 27.7 Å². The summed E-state index contributed by atoms with van der Waals surface area (Å²) in [7, 11) is 0. The van der Waals surface area contributed by atoms with Crippen molar-refractivity contribution >= 4 is 0 Å². The van der Waals surface area contributed by atoms with Gasteiger partial charge in [-0.2, -0.15) is 8.78 Å². The van der Waals surface area contributed by atoms with Gasteiger partial charge in [-0.1, -0.05) is 18.2 Å². The highest BCUT2D eigenvalue weighted by Crippen LogP contribution is 2.37. The van der Waals surface area contributed by atoms with Gasteiger partial charge in [0.1, 0.15) is 0 Å². The summed E-state index contributed by atoms with van der Waals surface area (Å²) in [5.74, 6) is -7.89. The molecule has 3 nitrogen and oxygen atoms in total. The highest BCUT2D eigenvalue weighted by molar-refractivity contribution is 5.66. The monoisotopic (exact) mass is 538 g/mol. The maximum absolute atomic E-state index is 15.0. The van der Waals surface area contributed by atoms with E-state index >= 15 is 4.39 Å². The number of aryl methyl sites for hydroxylation is 1.